The summed E-state index contributed by atoms with van der Waals surface area (Å²) >= 11 is 0. The standard InChI is InChI=1S/C13H16N2/c1-4-6-7-8-12-11(3)15-10-9-13(12)14-5-2/h4,6-10,14H,1,3,5H2,2H3/b7-6-,12-8+. The van der Waals surface area contributed by atoms with Gasteiger partial charge in [-0.2, -0.15) is 0 Å². The number of allylic oxidation sites excluding steroid dienone is 3. The Balaban J connectivity index is 3.24. The number of hydrogen-bond donors (Lipinski definition) is 1. The predicted octanol–water partition coefficient (Wildman–Crippen LogP) is 1.45. The Bertz CT molecular complexity index is 458. The SMILES string of the molecule is C=C/C=C\C=c1\c(NCC)ccnc1=C. The highest BCUT2D eigenvalue weighted by molar-refractivity contribution is 5.52. The molecule has 1 rings (SSSR count). The molecular weight excluding hydrogens is 184 g/mol. The summed E-state index contributed by atoms with van der Waals surface area (Å²) in [6.07, 6.45) is 9.29. The molecule has 0 bridgehead atoms. The Hall–Kier alpha value is -1.83. The molecular formula is C13H16N2. The normalized spacial score (nSPS) is 11.9. The maximum atomic E-state index is 4.16. The number of nitrogens with one attached hydrogen (secondary N) is 1. The molecule has 0 aromatic carbocycles. The van der Waals surface area contributed by atoms with E-state index in [-0.39, 0.29) is 0 Å². The molecule has 1 N–H and O–H groups in total. The molecule has 0 radical (unpaired) electrons. The lowest BCUT2D eigenvalue weighted by Gasteiger charge is -2.03. The zero-order chi connectivity index (χ0) is 11.1. The minimum absolute atomic E-state index is 0.780. The molecule has 1 aromatic rings. The molecule has 0 saturated carbocycles. The van der Waals surface area contributed by atoms with E-state index >= 15 is 0 Å². The molecule has 0 aliphatic carbocycles. The maximum absolute atomic E-state index is 4.16. The number of pyridine rings is 1. The van der Waals surface area contributed by atoms with Crippen molar-refractivity contribution in [3.63, 3.8) is 0 Å². The summed E-state index contributed by atoms with van der Waals surface area (Å²) in [6, 6.07) is 1.95. The molecule has 78 valence electrons. The number of aromatic nitrogens is 1. The number of nitrogens with zero attached hydrogens (tertiary/aromatic N) is 1. The molecule has 0 aliphatic rings. The number of anilines is 1. The summed E-state index contributed by atoms with van der Waals surface area (Å²) in [7, 11) is 0. The molecule has 15 heavy (non-hydrogen) atoms. The smallest absolute Gasteiger partial charge is 0.0651 e. The van der Waals surface area contributed by atoms with E-state index in [9.17, 15) is 0 Å². The summed E-state index contributed by atoms with van der Waals surface area (Å²) < 4.78 is 0. The molecule has 0 atom stereocenters. The van der Waals surface area contributed by atoms with Gasteiger partial charge < -0.3 is 5.32 Å². The van der Waals surface area contributed by atoms with Crippen LogP contribution in [0.4, 0.5) is 5.69 Å². The molecule has 0 unspecified atom stereocenters. The molecule has 0 aliphatic heterocycles. The fourth-order valence-corrected chi connectivity index (χ4v) is 1.28. The van der Waals surface area contributed by atoms with E-state index in [1.165, 1.54) is 0 Å². The van der Waals surface area contributed by atoms with Crippen LogP contribution in [-0.2, 0) is 0 Å². The molecule has 0 saturated heterocycles. The van der Waals surface area contributed by atoms with Gasteiger partial charge in [-0.3, -0.25) is 4.98 Å². The van der Waals surface area contributed by atoms with Crippen LogP contribution >= 0.6 is 0 Å². The summed E-state index contributed by atoms with van der Waals surface area (Å²) in [5.74, 6) is 0. The van der Waals surface area contributed by atoms with Gasteiger partial charge in [0.2, 0.25) is 0 Å². The van der Waals surface area contributed by atoms with Crippen molar-refractivity contribution >= 4 is 18.3 Å². The lowest BCUT2D eigenvalue weighted by atomic mass is 10.2. The van der Waals surface area contributed by atoms with E-state index in [1.54, 1.807) is 12.3 Å². The van der Waals surface area contributed by atoms with Crippen LogP contribution in [0.15, 0.2) is 37.1 Å². The highest BCUT2D eigenvalue weighted by Crippen LogP contribution is 1.93. The van der Waals surface area contributed by atoms with Crippen LogP contribution < -0.4 is 15.9 Å². The second kappa shape index (κ2) is 5.81. The van der Waals surface area contributed by atoms with Crippen LogP contribution in [0.25, 0.3) is 12.7 Å². The van der Waals surface area contributed by atoms with Crippen LogP contribution in [0, 0.1) is 0 Å². The zero-order valence-corrected chi connectivity index (χ0v) is 9.03. The van der Waals surface area contributed by atoms with Gasteiger partial charge in [0.15, 0.2) is 0 Å². The Labute approximate surface area is 90.4 Å². The van der Waals surface area contributed by atoms with Crippen molar-refractivity contribution in [2.24, 2.45) is 0 Å². The Morgan fingerprint density at radius 3 is 2.93 bits per heavy atom. The molecule has 2 heteroatoms. The van der Waals surface area contributed by atoms with Gasteiger partial charge in [-0.05, 0) is 13.0 Å². The second-order valence-corrected chi connectivity index (χ2v) is 3.04. The summed E-state index contributed by atoms with van der Waals surface area (Å²) in [5, 5.41) is 5.08. The van der Waals surface area contributed by atoms with Crippen LogP contribution in [0.2, 0.25) is 0 Å². The zero-order valence-electron chi connectivity index (χ0n) is 9.03. The lowest BCUT2D eigenvalue weighted by Crippen LogP contribution is -2.29. The number of hydrogen-bond acceptors (Lipinski definition) is 2. The van der Waals surface area contributed by atoms with Gasteiger partial charge >= 0.3 is 0 Å². The van der Waals surface area contributed by atoms with E-state index in [0.29, 0.717) is 0 Å². The van der Waals surface area contributed by atoms with Crippen molar-refractivity contribution in [3.05, 3.63) is 47.6 Å². The third-order valence-electron chi connectivity index (χ3n) is 1.95. The number of rotatable bonds is 4. The predicted molar refractivity (Wildman–Crippen MR) is 67.0 cm³/mol. The molecule has 0 amide bonds. The van der Waals surface area contributed by atoms with E-state index in [2.05, 4.69) is 30.4 Å². The largest absolute Gasteiger partial charge is 0.385 e. The first-order valence-corrected chi connectivity index (χ1v) is 4.96. The van der Waals surface area contributed by atoms with Gasteiger partial charge in [-0.15, -0.1) is 0 Å². The Morgan fingerprint density at radius 1 is 1.47 bits per heavy atom. The summed E-state index contributed by atoms with van der Waals surface area (Å²) in [5.41, 5.74) is 1.06. The fraction of sp³-hybridized carbons (Fsp3) is 0.154. The van der Waals surface area contributed by atoms with Gasteiger partial charge in [0.25, 0.3) is 0 Å². The van der Waals surface area contributed by atoms with Crippen LogP contribution in [0.1, 0.15) is 6.92 Å². The summed E-state index contributed by atoms with van der Waals surface area (Å²) in [4.78, 5) is 4.16. The highest BCUT2D eigenvalue weighted by Gasteiger charge is 1.92. The first-order chi connectivity index (χ1) is 7.29. The highest BCUT2D eigenvalue weighted by atomic mass is 14.9. The fourth-order valence-electron chi connectivity index (χ4n) is 1.28. The maximum Gasteiger partial charge on any atom is 0.0651 e. The molecule has 1 aromatic heterocycles. The van der Waals surface area contributed by atoms with Crippen LogP contribution in [0.3, 0.4) is 0 Å². The van der Waals surface area contributed by atoms with Gasteiger partial charge in [0.1, 0.15) is 0 Å². The second-order valence-electron chi connectivity index (χ2n) is 3.04. The quantitative estimate of drug-likeness (QED) is 0.744. The van der Waals surface area contributed by atoms with E-state index in [1.807, 2.05) is 24.3 Å². The topological polar surface area (TPSA) is 24.9 Å². The molecule has 0 spiro atoms. The van der Waals surface area contributed by atoms with Crippen molar-refractivity contribution in [1.82, 2.24) is 4.98 Å². The lowest BCUT2D eigenvalue weighted by molar-refractivity contribution is 1.16. The third kappa shape index (κ3) is 3.09. The van der Waals surface area contributed by atoms with Gasteiger partial charge in [-0.25, -0.2) is 0 Å². The first-order valence-electron chi connectivity index (χ1n) is 4.96. The van der Waals surface area contributed by atoms with Crippen molar-refractivity contribution in [3.8, 4) is 0 Å². The molecule has 1 heterocycles. The van der Waals surface area contributed by atoms with Crippen LogP contribution in [-0.4, -0.2) is 11.5 Å². The van der Waals surface area contributed by atoms with E-state index < -0.39 is 0 Å². The third-order valence-corrected chi connectivity index (χ3v) is 1.95. The minimum Gasteiger partial charge on any atom is -0.385 e. The van der Waals surface area contributed by atoms with Gasteiger partial charge in [0, 0.05) is 23.6 Å². The molecule has 2 nitrogen and oxygen atoms in total. The first kappa shape index (κ1) is 11.2. The monoisotopic (exact) mass is 200 g/mol. The van der Waals surface area contributed by atoms with E-state index in [4.69, 9.17) is 0 Å². The summed E-state index contributed by atoms with van der Waals surface area (Å²) in [6.45, 7) is 10.5. The Kier molecular flexibility index (Phi) is 4.35. The molecule has 0 fully saturated rings. The van der Waals surface area contributed by atoms with E-state index in [0.717, 1.165) is 22.8 Å². The van der Waals surface area contributed by atoms with Crippen molar-refractivity contribution in [2.45, 2.75) is 6.92 Å². The van der Waals surface area contributed by atoms with Gasteiger partial charge in [0.05, 0.1) is 5.35 Å². The minimum atomic E-state index is 0.780. The van der Waals surface area contributed by atoms with Crippen LogP contribution in [0.5, 0.6) is 0 Å². The average molecular weight is 200 g/mol. The van der Waals surface area contributed by atoms with Crippen molar-refractivity contribution in [2.75, 3.05) is 11.9 Å². The Morgan fingerprint density at radius 2 is 2.27 bits per heavy atom. The van der Waals surface area contributed by atoms with Crippen molar-refractivity contribution < 1.29 is 0 Å². The van der Waals surface area contributed by atoms with Crippen molar-refractivity contribution in [1.29, 1.82) is 0 Å². The average Bonchev–Trinajstić information content (AvgIpc) is 2.23. The van der Waals surface area contributed by atoms with Gasteiger partial charge in [-0.1, -0.05) is 37.5 Å².